The second-order valence-electron chi connectivity index (χ2n) is 9.29. The molecule has 1 aliphatic heterocycles. The molecule has 30 heavy (non-hydrogen) atoms. The highest BCUT2D eigenvalue weighted by Gasteiger charge is 2.39. The number of hydrogen-bond acceptors (Lipinski definition) is 7. The van der Waals surface area contributed by atoms with E-state index in [0.29, 0.717) is 0 Å². The molecule has 1 N–H and O–H groups in total. The molecule has 154 valence electrons. The second kappa shape index (κ2) is 6.66. The maximum absolute atomic E-state index is 4.50. The Morgan fingerprint density at radius 1 is 0.900 bits per heavy atom. The molecule has 4 aromatic rings. The number of nitrogens with zero attached hydrogens (tertiary/aromatic N) is 8. The van der Waals surface area contributed by atoms with E-state index in [2.05, 4.69) is 63.7 Å². The summed E-state index contributed by atoms with van der Waals surface area (Å²) in [6.07, 6.45) is 5.23. The summed E-state index contributed by atoms with van der Waals surface area (Å²) in [4.78, 5) is 1.58. The lowest BCUT2D eigenvalue weighted by Gasteiger charge is -2.46. The van der Waals surface area contributed by atoms with E-state index in [1.165, 1.54) is 0 Å². The summed E-state index contributed by atoms with van der Waals surface area (Å²) in [6, 6.07) is 10.1. The molecule has 1 aromatic carbocycles. The molecular formula is C21H25N9. The molecule has 9 nitrogen and oxygen atoms in total. The number of aromatic nitrogens is 8. The van der Waals surface area contributed by atoms with Crippen LogP contribution in [0.15, 0.2) is 42.7 Å². The molecule has 0 aliphatic carbocycles. The molecule has 9 heteroatoms. The van der Waals surface area contributed by atoms with E-state index < -0.39 is 0 Å². The Bertz CT molecular complexity index is 1160. The third kappa shape index (κ3) is 3.45. The third-order valence-corrected chi connectivity index (χ3v) is 5.55. The van der Waals surface area contributed by atoms with Crippen LogP contribution in [-0.2, 0) is 0 Å². The van der Waals surface area contributed by atoms with Crippen LogP contribution in [0.2, 0.25) is 0 Å². The van der Waals surface area contributed by atoms with Crippen molar-refractivity contribution in [2.24, 2.45) is 0 Å². The van der Waals surface area contributed by atoms with Crippen molar-refractivity contribution in [1.29, 1.82) is 0 Å². The average molecular weight is 403 g/mol. The number of rotatable bonds is 3. The first-order chi connectivity index (χ1) is 14.3. The van der Waals surface area contributed by atoms with Crippen molar-refractivity contribution in [2.45, 2.75) is 57.7 Å². The largest absolute Gasteiger partial charge is 0.307 e. The van der Waals surface area contributed by atoms with Gasteiger partial charge in [-0.25, -0.2) is 4.68 Å². The topological polar surface area (TPSA) is 99.2 Å². The number of benzene rings is 1. The van der Waals surface area contributed by atoms with Gasteiger partial charge < -0.3 is 5.32 Å². The van der Waals surface area contributed by atoms with E-state index in [1.54, 1.807) is 17.2 Å². The van der Waals surface area contributed by atoms with Crippen LogP contribution in [0.25, 0.3) is 28.1 Å². The van der Waals surface area contributed by atoms with Crippen LogP contribution >= 0.6 is 0 Å². The zero-order chi connectivity index (χ0) is 20.9. The lowest BCUT2D eigenvalue weighted by atomic mass is 9.80. The van der Waals surface area contributed by atoms with Gasteiger partial charge in [-0.05, 0) is 58.7 Å². The summed E-state index contributed by atoms with van der Waals surface area (Å²) < 4.78 is 1.95. The normalized spacial score (nSPS) is 18.7. The quantitative estimate of drug-likeness (QED) is 0.561. The van der Waals surface area contributed by atoms with Gasteiger partial charge in [-0.1, -0.05) is 17.3 Å². The minimum atomic E-state index is 0.0171. The van der Waals surface area contributed by atoms with Gasteiger partial charge in [-0.15, -0.1) is 15.3 Å². The minimum Gasteiger partial charge on any atom is -0.307 e. The lowest BCUT2D eigenvalue weighted by Crippen LogP contribution is -2.58. The minimum absolute atomic E-state index is 0.0171. The highest BCUT2D eigenvalue weighted by atomic mass is 15.5. The molecule has 0 atom stereocenters. The molecule has 1 aliphatic rings. The lowest BCUT2D eigenvalue weighted by molar-refractivity contribution is 0.127. The predicted molar refractivity (Wildman–Crippen MR) is 113 cm³/mol. The molecule has 1 saturated heterocycles. The molecule has 0 amide bonds. The predicted octanol–water partition coefficient (Wildman–Crippen LogP) is 2.95. The van der Waals surface area contributed by atoms with Crippen molar-refractivity contribution in [2.75, 3.05) is 0 Å². The molecule has 4 heterocycles. The third-order valence-electron chi connectivity index (χ3n) is 5.55. The van der Waals surface area contributed by atoms with Crippen molar-refractivity contribution in [3.8, 4) is 16.9 Å². The molecule has 0 unspecified atom stereocenters. The fourth-order valence-electron chi connectivity index (χ4n) is 4.69. The van der Waals surface area contributed by atoms with E-state index >= 15 is 0 Å². The van der Waals surface area contributed by atoms with Gasteiger partial charge in [0.15, 0.2) is 0 Å². The summed E-state index contributed by atoms with van der Waals surface area (Å²) >= 11 is 0. The highest BCUT2D eigenvalue weighted by Crippen LogP contribution is 2.36. The van der Waals surface area contributed by atoms with Crippen LogP contribution in [0.5, 0.6) is 0 Å². The van der Waals surface area contributed by atoms with Crippen LogP contribution in [-0.4, -0.2) is 51.3 Å². The van der Waals surface area contributed by atoms with Gasteiger partial charge in [-0.2, -0.15) is 15.0 Å². The molecule has 0 saturated carbocycles. The molecule has 0 radical (unpaired) electrons. The molecule has 0 spiro atoms. The van der Waals surface area contributed by atoms with Crippen molar-refractivity contribution in [3.05, 3.63) is 42.7 Å². The Morgan fingerprint density at radius 3 is 2.23 bits per heavy atom. The second-order valence-corrected chi connectivity index (χ2v) is 9.29. The summed E-state index contributed by atoms with van der Waals surface area (Å²) in [5, 5.41) is 29.8. The summed E-state index contributed by atoms with van der Waals surface area (Å²) in [5.74, 6) is 0. The van der Waals surface area contributed by atoms with Crippen molar-refractivity contribution < 1.29 is 0 Å². The van der Waals surface area contributed by atoms with Gasteiger partial charge in [0.25, 0.3) is 0 Å². The van der Waals surface area contributed by atoms with Crippen molar-refractivity contribution in [1.82, 2.24) is 45.5 Å². The van der Waals surface area contributed by atoms with Gasteiger partial charge in [0, 0.05) is 16.6 Å². The molecule has 3 aromatic heterocycles. The number of piperidine rings is 1. The standard InChI is InChI=1S/C21H25N9/c1-20(2)12-16(13-21(3,4)27-20)29-19-18(25-28-29)11-17(24-26-19)14-5-7-15(8-6-14)30-22-9-10-23-30/h5-11,16,27H,12-13H2,1-4H3. The maximum Gasteiger partial charge on any atom is 0.201 e. The fourth-order valence-corrected chi connectivity index (χ4v) is 4.69. The summed E-state index contributed by atoms with van der Waals surface area (Å²) in [5.41, 5.74) is 4.13. The Morgan fingerprint density at radius 2 is 1.57 bits per heavy atom. The van der Waals surface area contributed by atoms with Crippen LogP contribution in [0.4, 0.5) is 0 Å². The molecule has 5 rings (SSSR count). The van der Waals surface area contributed by atoms with Crippen molar-refractivity contribution >= 4 is 11.2 Å². The maximum atomic E-state index is 4.50. The van der Waals surface area contributed by atoms with Gasteiger partial charge >= 0.3 is 0 Å². The van der Waals surface area contributed by atoms with Crippen molar-refractivity contribution in [3.63, 3.8) is 0 Å². The Kier molecular flexibility index (Phi) is 4.18. The first-order valence-corrected chi connectivity index (χ1v) is 10.1. The Balaban J connectivity index is 1.45. The average Bonchev–Trinajstić information content (AvgIpc) is 3.35. The Hall–Kier alpha value is -3.20. The zero-order valence-electron chi connectivity index (χ0n) is 17.6. The van der Waals surface area contributed by atoms with Gasteiger partial charge in [0.2, 0.25) is 5.65 Å². The number of fused-ring (bicyclic) bond motifs is 1. The Labute approximate surface area is 174 Å². The SMILES string of the molecule is CC1(C)CC(n2nnc3cc(-c4ccc(-n5nccn5)cc4)nnc32)CC(C)(C)N1. The van der Waals surface area contributed by atoms with Gasteiger partial charge in [-0.3, -0.25) is 0 Å². The van der Waals surface area contributed by atoms with Crippen LogP contribution in [0.3, 0.4) is 0 Å². The molecule has 0 bridgehead atoms. The van der Waals surface area contributed by atoms with E-state index in [9.17, 15) is 0 Å². The number of nitrogens with one attached hydrogen (secondary N) is 1. The summed E-state index contributed by atoms with van der Waals surface area (Å²) in [6.45, 7) is 8.91. The highest BCUT2D eigenvalue weighted by molar-refractivity contribution is 5.75. The number of hydrogen-bond donors (Lipinski definition) is 1. The fraction of sp³-hybridized carbons (Fsp3) is 0.429. The monoisotopic (exact) mass is 403 g/mol. The zero-order valence-corrected chi connectivity index (χ0v) is 17.6. The van der Waals surface area contributed by atoms with E-state index in [0.717, 1.165) is 41.0 Å². The summed E-state index contributed by atoms with van der Waals surface area (Å²) in [7, 11) is 0. The first-order valence-electron chi connectivity index (χ1n) is 10.1. The van der Waals surface area contributed by atoms with Crippen LogP contribution < -0.4 is 5.32 Å². The van der Waals surface area contributed by atoms with Gasteiger partial charge in [0.05, 0.1) is 29.8 Å². The molecular weight excluding hydrogens is 378 g/mol. The van der Waals surface area contributed by atoms with E-state index in [-0.39, 0.29) is 17.1 Å². The smallest absolute Gasteiger partial charge is 0.201 e. The van der Waals surface area contributed by atoms with E-state index in [1.807, 2.05) is 35.0 Å². The van der Waals surface area contributed by atoms with Crippen LogP contribution in [0, 0.1) is 0 Å². The molecule has 1 fully saturated rings. The van der Waals surface area contributed by atoms with Gasteiger partial charge in [0.1, 0.15) is 5.52 Å². The van der Waals surface area contributed by atoms with Crippen LogP contribution in [0.1, 0.15) is 46.6 Å². The first kappa shape index (κ1) is 18.8. The van der Waals surface area contributed by atoms with E-state index in [4.69, 9.17) is 0 Å².